The zero-order valence-electron chi connectivity index (χ0n) is 9.99. The van der Waals surface area contributed by atoms with Gasteiger partial charge in [-0.25, -0.2) is 0 Å². The number of fused-ring (bicyclic) bond motifs is 2. The van der Waals surface area contributed by atoms with Crippen molar-refractivity contribution >= 4 is 0 Å². The highest BCUT2D eigenvalue weighted by atomic mass is 16.3. The molecule has 0 radical (unpaired) electrons. The van der Waals surface area contributed by atoms with Crippen LogP contribution in [0.15, 0.2) is 22.8 Å². The van der Waals surface area contributed by atoms with Crippen molar-refractivity contribution in [2.75, 3.05) is 0 Å². The molecule has 0 aliphatic heterocycles. The first-order chi connectivity index (χ1) is 7.83. The van der Waals surface area contributed by atoms with Gasteiger partial charge in [0.15, 0.2) is 0 Å². The van der Waals surface area contributed by atoms with Crippen LogP contribution in [-0.2, 0) is 6.54 Å². The number of hydrogen-bond acceptors (Lipinski definition) is 2. The molecule has 1 aromatic heterocycles. The summed E-state index contributed by atoms with van der Waals surface area (Å²) in [5.41, 5.74) is 0. The maximum absolute atomic E-state index is 5.35. The van der Waals surface area contributed by atoms with Gasteiger partial charge in [0.25, 0.3) is 0 Å². The Labute approximate surface area is 97.4 Å². The van der Waals surface area contributed by atoms with Crippen LogP contribution in [0.2, 0.25) is 0 Å². The summed E-state index contributed by atoms with van der Waals surface area (Å²) in [5.74, 6) is 4.01. The van der Waals surface area contributed by atoms with Gasteiger partial charge < -0.3 is 9.73 Å². The third-order valence-electron chi connectivity index (χ3n) is 4.61. The molecule has 2 fully saturated rings. The lowest BCUT2D eigenvalue weighted by Gasteiger charge is -2.28. The lowest BCUT2D eigenvalue weighted by Crippen LogP contribution is -2.35. The molecule has 4 atom stereocenters. The second kappa shape index (κ2) is 4.25. The number of rotatable bonds is 4. The van der Waals surface area contributed by atoms with Crippen LogP contribution in [0.3, 0.4) is 0 Å². The van der Waals surface area contributed by atoms with Crippen LogP contribution in [0, 0.1) is 17.8 Å². The fraction of sp³-hybridized carbons (Fsp3) is 0.714. The molecule has 2 aliphatic rings. The molecule has 2 aliphatic carbocycles. The van der Waals surface area contributed by atoms with E-state index in [1.54, 1.807) is 6.26 Å². The summed E-state index contributed by atoms with van der Waals surface area (Å²) in [6.45, 7) is 3.22. The van der Waals surface area contributed by atoms with Crippen molar-refractivity contribution < 1.29 is 4.42 Å². The minimum atomic E-state index is 0.639. The van der Waals surface area contributed by atoms with E-state index in [1.165, 1.54) is 25.7 Å². The number of furan rings is 1. The zero-order chi connectivity index (χ0) is 11.0. The van der Waals surface area contributed by atoms with E-state index in [9.17, 15) is 0 Å². The van der Waals surface area contributed by atoms with Gasteiger partial charge >= 0.3 is 0 Å². The fourth-order valence-corrected chi connectivity index (χ4v) is 3.73. The smallest absolute Gasteiger partial charge is 0.117 e. The molecule has 2 heteroatoms. The van der Waals surface area contributed by atoms with Crippen molar-refractivity contribution in [3.8, 4) is 0 Å². The molecule has 1 N–H and O–H groups in total. The van der Waals surface area contributed by atoms with Crippen LogP contribution in [0.1, 0.15) is 38.4 Å². The largest absolute Gasteiger partial charge is 0.468 e. The van der Waals surface area contributed by atoms with Gasteiger partial charge in [0, 0.05) is 6.04 Å². The molecule has 88 valence electrons. The van der Waals surface area contributed by atoms with Crippen molar-refractivity contribution in [2.24, 2.45) is 17.8 Å². The Morgan fingerprint density at radius 3 is 3.00 bits per heavy atom. The molecule has 0 aromatic carbocycles. The Hall–Kier alpha value is -0.760. The molecular formula is C14H21NO. The first-order valence-corrected chi connectivity index (χ1v) is 6.58. The third-order valence-corrected chi connectivity index (χ3v) is 4.61. The maximum Gasteiger partial charge on any atom is 0.117 e. The Balaban J connectivity index is 1.52. The van der Waals surface area contributed by atoms with E-state index in [0.717, 1.165) is 30.1 Å². The molecular weight excluding hydrogens is 198 g/mol. The predicted molar refractivity (Wildman–Crippen MR) is 63.9 cm³/mol. The van der Waals surface area contributed by atoms with Gasteiger partial charge in [-0.2, -0.15) is 0 Å². The van der Waals surface area contributed by atoms with E-state index < -0.39 is 0 Å². The minimum absolute atomic E-state index is 0.639. The standard InChI is InChI=1S/C14H21NO/c1-10(15-9-13-3-2-6-16-13)14-8-11-4-5-12(14)7-11/h2-3,6,10-12,14-15H,4-5,7-9H2,1H3/t10-,11-,12-,14+/m0/s1. The minimum Gasteiger partial charge on any atom is -0.468 e. The molecule has 16 heavy (non-hydrogen) atoms. The van der Waals surface area contributed by atoms with E-state index in [2.05, 4.69) is 12.2 Å². The molecule has 0 saturated heterocycles. The van der Waals surface area contributed by atoms with Gasteiger partial charge in [0.2, 0.25) is 0 Å². The average molecular weight is 219 g/mol. The van der Waals surface area contributed by atoms with Gasteiger partial charge in [-0.05, 0) is 56.1 Å². The zero-order valence-corrected chi connectivity index (χ0v) is 9.99. The van der Waals surface area contributed by atoms with E-state index in [1.807, 2.05) is 12.1 Å². The van der Waals surface area contributed by atoms with E-state index in [4.69, 9.17) is 4.42 Å². The van der Waals surface area contributed by atoms with Gasteiger partial charge in [0.1, 0.15) is 5.76 Å². The van der Waals surface area contributed by atoms with Gasteiger partial charge in [0.05, 0.1) is 12.8 Å². The van der Waals surface area contributed by atoms with E-state index >= 15 is 0 Å². The Kier molecular flexibility index (Phi) is 2.76. The molecule has 0 unspecified atom stereocenters. The molecule has 3 rings (SSSR count). The summed E-state index contributed by atoms with van der Waals surface area (Å²) in [5, 5.41) is 3.62. The molecule has 2 nitrogen and oxygen atoms in total. The van der Waals surface area contributed by atoms with E-state index in [-0.39, 0.29) is 0 Å². The van der Waals surface area contributed by atoms with Crippen LogP contribution >= 0.6 is 0 Å². The Morgan fingerprint density at radius 1 is 1.44 bits per heavy atom. The molecule has 0 spiro atoms. The summed E-state index contributed by atoms with van der Waals surface area (Å²) < 4.78 is 5.35. The monoisotopic (exact) mass is 219 g/mol. The summed E-state index contributed by atoms with van der Waals surface area (Å²) in [6.07, 6.45) is 7.67. The summed E-state index contributed by atoms with van der Waals surface area (Å²) in [6, 6.07) is 4.64. The molecule has 2 bridgehead atoms. The predicted octanol–water partition coefficient (Wildman–Crippen LogP) is 3.19. The topological polar surface area (TPSA) is 25.2 Å². The first kappa shape index (κ1) is 10.4. The van der Waals surface area contributed by atoms with E-state index in [0.29, 0.717) is 6.04 Å². The lowest BCUT2D eigenvalue weighted by atomic mass is 9.84. The van der Waals surface area contributed by atoms with Gasteiger partial charge in [-0.15, -0.1) is 0 Å². The SMILES string of the molecule is C[C@H](NCc1ccco1)[C@H]1C[C@H]2CC[C@H]1C2. The summed E-state index contributed by atoms with van der Waals surface area (Å²) in [7, 11) is 0. The van der Waals surface area contributed by atoms with Crippen molar-refractivity contribution in [1.82, 2.24) is 5.32 Å². The summed E-state index contributed by atoms with van der Waals surface area (Å²) >= 11 is 0. The first-order valence-electron chi connectivity index (χ1n) is 6.58. The second-order valence-corrected chi connectivity index (χ2v) is 5.59. The van der Waals surface area contributed by atoms with Crippen LogP contribution in [0.25, 0.3) is 0 Å². The normalized spacial score (nSPS) is 34.4. The van der Waals surface area contributed by atoms with Crippen molar-refractivity contribution in [2.45, 2.75) is 45.2 Å². The number of hydrogen-bond donors (Lipinski definition) is 1. The molecule has 1 heterocycles. The number of nitrogens with one attached hydrogen (secondary N) is 1. The third kappa shape index (κ3) is 1.91. The van der Waals surface area contributed by atoms with Crippen LogP contribution < -0.4 is 5.32 Å². The van der Waals surface area contributed by atoms with Crippen molar-refractivity contribution in [1.29, 1.82) is 0 Å². The van der Waals surface area contributed by atoms with Crippen LogP contribution in [-0.4, -0.2) is 6.04 Å². The Morgan fingerprint density at radius 2 is 2.38 bits per heavy atom. The maximum atomic E-state index is 5.35. The molecule has 1 aromatic rings. The van der Waals surface area contributed by atoms with Gasteiger partial charge in [-0.1, -0.05) is 6.42 Å². The molecule has 2 saturated carbocycles. The Bertz CT molecular complexity index is 333. The van der Waals surface area contributed by atoms with Crippen LogP contribution in [0.4, 0.5) is 0 Å². The highest BCUT2D eigenvalue weighted by molar-refractivity contribution is 4.99. The highest BCUT2D eigenvalue weighted by Crippen LogP contribution is 2.49. The lowest BCUT2D eigenvalue weighted by molar-refractivity contribution is 0.255. The van der Waals surface area contributed by atoms with Crippen LogP contribution in [0.5, 0.6) is 0 Å². The second-order valence-electron chi connectivity index (χ2n) is 5.59. The molecule has 0 amide bonds. The highest BCUT2D eigenvalue weighted by Gasteiger charge is 2.41. The van der Waals surface area contributed by atoms with Crippen molar-refractivity contribution in [3.63, 3.8) is 0 Å². The average Bonchev–Trinajstić information content (AvgIpc) is 3.01. The summed E-state index contributed by atoms with van der Waals surface area (Å²) in [4.78, 5) is 0. The van der Waals surface area contributed by atoms with Crippen molar-refractivity contribution in [3.05, 3.63) is 24.2 Å². The van der Waals surface area contributed by atoms with Gasteiger partial charge in [-0.3, -0.25) is 0 Å². The quantitative estimate of drug-likeness (QED) is 0.841. The fourth-order valence-electron chi connectivity index (χ4n) is 3.73.